The summed E-state index contributed by atoms with van der Waals surface area (Å²) in [5.74, 6) is -0.200. The predicted octanol–water partition coefficient (Wildman–Crippen LogP) is 13.3. The molecule has 0 spiro atoms. The number of carbonyl (C=O) groups excluding carboxylic acids is 1. The summed E-state index contributed by atoms with van der Waals surface area (Å²) < 4.78 is 22.1. The highest BCUT2D eigenvalue weighted by Crippen LogP contribution is 2.43. The van der Waals surface area contributed by atoms with E-state index in [9.17, 15) is 19.4 Å². The lowest BCUT2D eigenvalue weighted by Gasteiger charge is -2.23. The van der Waals surface area contributed by atoms with Crippen molar-refractivity contribution >= 4 is 13.7 Å². The third-order valence-corrected chi connectivity index (χ3v) is 11.5. The fraction of sp³-hybridized carbons (Fsp3) is 0.891. The molecule has 0 saturated carbocycles. The Balaban J connectivity index is 4.17. The molecule has 0 heterocycles. The highest BCUT2D eigenvalue weighted by atomic mass is 31.2. The molecule has 326 valence electrons. The van der Waals surface area contributed by atoms with E-state index in [0.29, 0.717) is 6.42 Å². The van der Waals surface area contributed by atoms with Crippen LogP contribution in [-0.2, 0) is 18.4 Å². The van der Waals surface area contributed by atoms with Crippen molar-refractivity contribution in [2.24, 2.45) is 5.73 Å². The van der Waals surface area contributed by atoms with E-state index in [4.69, 9.17) is 14.8 Å². The van der Waals surface area contributed by atoms with Crippen LogP contribution in [0.15, 0.2) is 24.3 Å². The quantitative estimate of drug-likeness (QED) is 0.0274. The van der Waals surface area contributed by atoms with Gasteiger partial charge in [-0.1, -0.05) is 218 Å². The molecule has 3 unspecified atom stereocenters. The van der Waals surface area contributed by atoms with Crippen molar-refractivity contribution in [1.82, 2.24) is 5.32 Å². The van der Waals surface area contributed by atoms with Crippen LogP contribution in [0, 0.1) is 0 Å². The fourth-order valence-electron chi connectivity index (χ4n) is 6.97. The number of aliphatic hydroxyl groups excluding tert-OH is 1. The normalized spacial score (nSPS) is 14.2. The Morgan fingerprint density at radius 1 is 0.582 bits per heavy atom. The molecule has 9 heteroatoms. The van der Waals surface area contributed by atoms with Gasteiger partial charge in [0.15, 0.2) is 0 Å². The van der Waals surface area contributed by atoms with Gasteiger partial charge in [0.2, 0.25) is 5.91 Å². The lowest BCUT2D eigenvalue weighted by Crippen LogP contribution is -2.45. The molecule has 0 aromatic heterocycles. The van der Waals surface area contributed by atoms with E-state index < -0.39 is 20.0 Å². The van der Waals surface area contributed by atoms with Gasteiger partial charge in [0.05, 0.1) is 25.4 Å². The minimum atomic E-state index is -4.34. The number of rotatable bonds is 44. The molecule has 0 aromatic rings. The summed E-state index contributed by atoms with van der Waals surface area (Å²) in [4.78, 5) is 22.7. The van der Waals surface area contributed by atoms with E-state index in [1.165, 1.54) is 173 Å². The number of hydrogen-bond donors (Lipinski definition) is 4. The lowest BCUT2D eigenvalue weighted by molar-refractivity contribution is -0.123. The third-order valence-electron chi connectivity index (χ3n) is 10.5. The Morgan fingerprint density at radius 2 is 0.964 bits per heavy atom. The summed E-state index contributed by atoms with van der Waals surface area (Å²) in [6.07, 6.45) is 49.5. The molecule has 0 aromatic carbocycles. The van der Waals surface area contributed by atoms with E-state index in [1.54, 1.807) is 6.08 Å². The molecule has 0 rings (SSSR count). The number of allylic oxidation sites excluding steroid dienone is 3. The highest BCUT2D eigenvalue weighted by molar-refractivity contribution is 7.47. The van der Waals surface area contributed by atoms with Gasteiger partial charge in [-0.25, -0.2) is 4.57 Å². The summed E-state index contributed by atoms with van der Waals surface area (Å²) in [7, 11) is -4.34. The van der Waals surface area contributed by atoms with Crippen LogP contribution in [0.5, 0.6) is 0 Å². The van der Waals surface area contributed by atoms with Crippen molar-refractivity contribution < 1.29 is 28.4 Å². The number of hydrogen-bond acceptors (Lipinski definition) is 6. The van der Waals surface area contributed by atoms with E-state index in [-0.39, 0.29) is 25.7 Å². The van der Waals surface area contributed by atoms with Crippen molar-refractivity contribution in [3.63, 3.8) is 0 Å². The first-order valence-corrected chi connectivity index (χ1v) is 25.0. The molecule has 8 nitrogen and oxygen atoms in total. The molecule has 0 radical (unpaired) electrons. The van der Waals surface area contributed by atoms with E-state index in [0.717, 1.165) is 38.5 Å². The van der Waals surface area contributed by atoms with Crippen LogP contribution < -0.4 is 11.1 Å². The summed E-state index contributed by atoms with van der Waals surface area (Å²) in [5, 5.41) is 13.7. The molecule has 0 aliphatic carbocycles. The van der Waals surface area contributed by atoms with Gasteiger partial charge in [0.25, 0.3) is 0 Å². The smallest absolute Gasteiger partial charge is 0.387 e. The van der Waals surface area contributed by atoms with Gasteiger partial charge in [-0.15, -0.1) is 0 Å². The second kappa shape index (κ2) is 42.6. The van der Waals surface area contributed by atoms with Crippen molar-refractivity contribution in [2.75, 3.05) is 19.8 Å². The van der Waals surface area contributed by atoms with Gasteiger partial charge in [-0.2, -0.15) is 0 Å². The zero-order valence-corrected chi connectivity index (χ0v) is 37.1. The Bertz CT molecular complexity index is 917. The number of phosphoric acid groups is 1. The van der Waals surface area contributed by atoms with E-state index in [1.807, 2.05) is 6.08 Å². The molecular formula is C46H91N2O6P. The molecule has 0 bridgehead atoms. The van der Waals surface area contributed by atoms with Crippen molar-refractivity contribution in [3.8, 4) is 0 Å². The Morgan fingerprint density at radius 3 is 1.40 bits per heavy atom. The van der Waals surface area contributed by atoms with Gasteiger partial charge < -0.3 is 21.1 Å². The molecule has 5 N–H and O–H groups in total. The second-order valence-corrected chi connectivity index (χ2v) is 17.4. The maximum Gasteiger partial charge on any atom is 0.472 e. The van der Waals surface area contributed by atoms with Crippen molar-refractivity contribution in [2.45, 2.75) is 244 Å². The number of unbranched alkanes of at least 4 members (excludes halogenated alkanes) is 30. The van der Waals surface area contributed by atoms with Crippen LogP contribution in [0.4, 0.5) is 0 Å². The van der Waals surface area contributed by atoms with Gasteiger partial charge in [-0.3, -0.25) is 13.8 Å². The summed E-state index contributed by atoms with van der Waals surface area (Å²) in [6.45, 7) is 4.14. The zero-order chi connectivity index (χ0) is 40.3. The average Bonchev–Trinajstić information content (AvgIpc) is 3.17. The Kier molecular flexibility index (Phi) is 41.8. The Hall–Kier alpha value is -1.02. The third kappa shape index (κ3) is 41.0. The fourth-order valence-corrected chi connectivity index (χ4v) is 7.73. The molecule has 0 aliphatic rings. The van der Waals surface area contributed by atoms with Crippen molar-refractivity contribution in [3.05, 3.63) is 24.3 Å². The van der Waals surface area contributed by atoms with Gasteiger partial charge >= 0.3 is 7.82 Å². The summed E-state index contributed by atoms with van der Waals surface area (Å²) >= 11 is 0. The first-order valence-electron chi connectivity index (χ1n) is 23.5. The van der Waals surface area contributed by atoms with Gasteiger partial charge in [0, 0.05) is 13.0 Å². The van der Waals surface area contributed by atoms with Crippen LogP contribution in [0.25, 0.3) is 0 Å². The first-order chi connectivity index (χ1) is 26.9. The topological polar surface area (TPSA) is 131 Å². The van der Waals surface area contributed by atoms with Crippen LogP contribution in [0.1, 0.15) is 232 Å². The highest BCUT2D eigenvalue weighted by Gasteiger charge is 2.26. The van der Waals surface area contributed by atoms with Crippen molar-refractivity contribution in [1.29, 1.82) is 0 Å². The SMILES string of the molecule is CCCCCCCCCCCCC/C=C/CC/C=C/C(O)C(COP(=O)(O)OCCN)NC(=O)CCCCCCCCCCCCCCCCCCCCC. The second-order valence-electron chi connectivity index (χ2n) is 16.0. The molecule has 0 aliphatic heterocycles. The minimum Gasteiger partial charge on any atom is -0.387 e. The summed E-state index contributed by atoms with van der Waals surface area (Å²) in [5.41, 5.74) is 5.38. The standard InChI is InChI=1S/C46H91N2O6P/c1-3-5-7-9-11-13-15-17-19-21-22-24-26-28-30-32-34-36-38-40-46(50)48-44(43-54-55(51,52)53-42-41-47)45(49)39-37-35-33-31-29-27-25-23-20-18-16-14-12-10-8-6-4-2/h29,31,37,39,44-45,49H,3-28,30,32-36,38,40-43,47H2,1-2H3,(H,48,50)(H,51,52)/b31-29+,39-37+. The molecule has 1 amide bonds. The van der Waals surface area contributed by atoms with Crippen LogP contribution in [0.2, 0.25) is 0 Å². The monoisotopic (exact) mass is 799 g/mol. The average molecular weight is 799 g/mol. The lowest BCUT2D eigenvalue weighted by atomic mass is 10.0. The molecular weight excluding hydrogens is 707 g/mol. The van der Waals surface area contributed by atoms with E-state index in [2.05, 4.69) is 31.3 Å². The zero-order valence-electron chi connectivity index (χ0n) is 36.2. The molecule has 3 atom stereocenters. The van der Waals surface area contributed by atoms with Crippen LogP contribution in [-0.4, -0.2) is 47.8 Å². The molecule has 55 heavy (non-hydrogen) atoms. The van der Waals surface area contributed by atoms with Gasteiger partial charge in [-0.05, 0) is 32.1 Å². The first kappa shape index (κ1) is 54.0. The largest absolute Gasteiger partial charge is 0.472 e. The van der Waals surface area contributed by atoms with Crippen LogP contribution >= 0.6 is 7.82 Å². The van der Waals surface area contributed by atoms with Crippen LogP contribution in [0.3, 0.4) is 0 Å². The maximum atomic E-state index is 12.8. The minimum absolute atomic E-state index is 0.0760. The van der Waals surface area contributed by atoms with Gasteiger partial charge in [0.1, 0.15) is 0 Å². The summed E-state index contributed by atoms with van der Waals surface area (Å²) in [6, 6.07) is -0.873. The number of aliphatic hydroxyl groups is 1. The number of nitrogens with one attached hydrogen (secondary N) is 1. The molecule has 0 fully saturated rings. The number of amides is 1. The number of nitrogens with two attached hydrogens (primary N) is 1. The number of carbonyl (C=O) groups is 1. The predicted molar refractivity (Wildman–Crippen MR) is 235 cm³/mol. The molecule has 0 saturated heterocycles. The van der Waals surface area contributed by atoms with E-state index >= 15 is 0 Å². The number of phosphoric ester groups is 1. The maximum absolute atomic E-state index is 12.8. The Labute approximate surface area is 340 Å².